The Morgan fingerprint density at radius 3 is 2.97 bits per heavy atom. The van der Waals surface area contributed by atoms with E-state index in [1.165, 1.54) is 0 Å². The number of carbonyl (C=O) groups excluding carboxylic acids is 2. The molecule has 2 amide bonds. The molecule has 1 aliphatic carbocycles. The Morgan fingerprint density at radius 2 is 2.19 bits per heavy atom. The van der Waals surface area contributed by atoms with Gasteiger partial charge in [-0.1, -0.05) is 30.4 Å². The topological polar surface area (TPSA) is 105 Å². The van der Waals surface area contributed by atoms with E-state index in [-0.39, 0.29) is 30.2 Å². The van der Waals surface area contributed by atoms with Crippen molar-refractivity contribution < 1.29 is 14.3 Å². The second-order valence-corrected chi connectivity index (χ2v) is 7.69. The average Bonchev–Trinajstić information content (AvgIpc) is 2.89. The number of allylic oxidation sites excluding steroid dienone is 2. The third kappa shape index (κ3) is 4.80. The zero-order chi connectivity index (χ0) is 21.8. The van der Waals surface area contributed by atoms with Gasteiger partial charge in [-0.3, -0.25) is 9.59 Å². The number of anilines is 2. The SMILES string of the molecule is COCC(C)NC(=O)C1C=CC(Nc2ncc3c(n2)-c2ccccc2NC(=O)C3)=CC1. The standard InChI is InChI=1S/C23H25N5O3/c1-14(13-31-2)25-22(30)15-7-9-17(10-8-15)26-23-24-12-16-11-20(29)27-19-6-4-3-5-18(19)21(16)28-23/h3-7,9-10,12,14-15H,8,11,13H2,1-2H3,(H,25,30)(H,27,29)(H,24,26,28). The molecule has 2 heterocycles. The lowest BCUT2D eigenvalue weighted by Gasteiger charge is -2.19. The van der Waals surface area contributed by atoms with Crippen molar-refractivity contribution in [2.75, 3.05) is 24.4 Å². The summed E-state index contributed by atoms with van der Waals surface area (Å²) in [5.41, 5.74) is 3.94. The van der Waals surface area contributed by atoms with Gasteiger partial charge in [-0.25, -0.2) is 9.97 Å². The second kappa shape index (κ2) is 9.09. The molecule has 8 heteroatoms. The highest BCUT2D eigenvalue weighted by atomic mass is 16.5. The minimum atomic E-state index is -0.221. The molecule has 3 N–H and O–H groups in total. The molecule has 0 radical (unpaired) electrons. The molecule has 0 fully saturated rings. The molecule has 1 aliphatic heterocycles. The minimum absolute atomic E-state index is 0.0221. The van der Waals surface area contributed by atoms with Crippen molar-refractivity contribution in [1.29, 1.82) is 0 Å². The Labute approximate surface area is 180 Å². The van der Waals surface area contributed by atoms with Crippen LogP contribution < -0.4 is 16.0 Å². The maximum absolute atomic E-state index is 12.4. The maximum Gasteiger partial charge on any atom is 0.228 e. The molecule has 31 heavy (non-hydrogen) atoms. The van der Waals surface area contributed by atoms with Crippen LogP contribution in [0.2, 0.25) is 0 Å². The highest BCUT2D eigenvalue weighted by molar-refractivity contribution is 5.99. The highest BCUT2D eigenvalue weighted by Gasteiger charge is 2.22. The van der Waals surface area contributed by atoms with E-state index < -0.39 is 0 Å². The van der Waals surface area contributed by atoms with Crippen LogP contribution in [-0.2, 0) is 20.7 Å². The van der Waals surface area contributed by atoms with Gasteiger partial charge in [0.2, 0.25) is 17.8 Å². The van der Waals surface area contributed by atoms with Crippen LogP contribution in [0, 0.1) is 5.92 Å². The van der Waals surface area contributed by atoms with Gasteiger partial charge in [0.1, 0.15) is 0 Å². The Hall–Kier alpha value is -3.52. The number of hydrogen-bond acceptors (Lipinski definition) is 6. The zero-order valence-corrected chi connectivity index (χ0v) is 17.5. The summed E-state index contributed by atoms with van der Waals surface area (Å²) < 4.78 is 5.06. The smallest absolute Gasteiger partial charge is 0.228 e. The molecule has 2 unspecified atom stereocenters. The predicted molar refractivity (Wildman–Crippen MR) is 118 cm³/mol. The maximum atomic E-state index is 12.4. The lowest BCUT2D eigenvalue weighted by Crippen LogP contribution is -2.39. The third-order valence-corrected chi connectivity index (χ3v) is 5.17. The van der Waals surface area contributed by atoms with Crippen LogP contribution in [0.3, 0.4) is 0 Å². The predicted octanol–water partition coefficient (Wildman–Crippen LogP) is 2.66. The number of fused-ring (bicyclic) bond motifs is 3. The van der Waals surface area contributed by atoms with Crippen LogP contribution in [-0.4, -0.2) is 41.5 Å². The molecule has 2 aliphatic rings. The summed E-state index contributed by atoms with van der Waals surface area (Å²) in [6, 6.07) is 7.56. The summed E-state index contributed by atoms with van der Waals surface area (Å²) in [7, 11) is 1.61. The van der Waals surface area contributed by atoms with Gasteiger partial charge in [0, 0.05) is 36.2 Å². The number of amides is 2. The van der Waals surface area contributed by atoms with E-state index in [0.29, 0.717) is 19.0 Å². The normalized spacial score (nSPS) is 18.1. The molecule has 1 aromatic heterocycles. The second-order valence-electron chi connectivity index (χ2n) is 7.69. The fourth-order valence-electron chi connectivity index (χ4n) is 3.67. The first-order valence-electron chi connectivity index (χ1n) is 10.2. The Kier molecular flexibility index (Phi) is 6.08. The lowest BCUT2D eigenvalue weighted by molar-refractivity contribution is -0.124. The van der Waals surface area contributed by atoms with Crippen molar-refractivity contribution >= 4 is 23.5 Å². The molecule has 0 bridgehead atoms. The number of carbonyl (C=O) groups is 2. The van der Waals surface area contributed by atoms with Gasteiger partial charge in [-0.15, -0.1) is 0 Å². The van der Waals surface area contributed by atoms with Crippen LogP contribution in [0.25, 0.3) is 11.3 Å². The van der Waals surface area contributed by atoms with E-state index in [0.717, 1.165) is 28.2 Å². The molecule has 0 saturated heterocycles. The van der Waals surface area contributed by atoms with Crippen molar-refractivity contribution in [1.82, 2.24) is 15.3 Å². The molecule has 4 rings (SSSR count). The first-order valence-corrected chi connectivity index (χ1v) is 10.2. The van der Waals surface area contributed by atoms with E-state index in [1.807, 2.05) is 49.4 Å². The average molecular weight is 419 g/mol. The van der Waals surface area contributed by atoms with Crippen LogP contribution in [0.1, 0.15) is 18.9 Å². The number of para-hydroxylation sites is 1. The number of hydrogen-bond donors (Lipinski definition) is 3. The van der Waals surface area contributed by atoms with Crippen molar-refractivity contribution in [3.8, 4) is 11.3 Å². The van der Waals surface area contributed by atoms with Gasteiger partial charge in [0.25, 0.3) is 0 Å². The first-order chi connectivity index (χ1) is 15.0. The number of benzene rings is 1. The van der Waals surface area contributed by atoms with E-state index >= 15 is 0 Å². The van der Waals surface area contributed by atoms with Gasteiger partial charge >= 0.3 is 0 Å². The number of aromatic nitrogens is 2. The molecule has 160 valence electrons. The Bertz CT molecular complexity index is 1060. The molecule has 2 atom stereocenters. The van der Waals surface area contributed by atoms with Crippen LogP contribution in [0.4, 0.5) is 11.6 Å². The highest BCUT2D eigenvalue weighted by Crippen LogP contribution is 2.32. The molecule has 0 saturated carbocycles. The van der Waals surface area contributed by atoms with Gasteiger partial charge in [0.15, 0.2) is 0 Å². The number of nitrogens with zero attached hydrogens (tertiary/aromatic N) is 2. The molecular formula is C23H25N5O3. The quantitative estimate of drug-likeness (QED) is 0.665. The summed E-state index contributed by atoms with van der Waals surface area (Å²) >= 11 is 0. The fraction of sp³-hybridized carbons (Fsp3) is 0.304. The summed E-state index contributed by atoms with van der Waals surface area (Å²) in [5.74, 6) is 0.112. The van der Waals surface area contributed by atoms with E-state index in [9.17, 15) is 9.59 Å². The number of methoxy groups -OCH3 is 1. The number of rotatable bonds is 6. The number of nitrogens with one attached hydrogen (secondary N) is 3. The van der Waals surface area contributed by atoms with Crippen molar-refractivity contribution in [2.24, 2.45) is 5.92 Å². The number of ether oxygens (including phenoxy) is 1. The molecular weight excluding hydrogens is 394 g/mol. The first kappa shape index (κ1) is 20.7. The third-order valence-electron chi connectivity index (χ3n) is 5.17. The van der Waals surface area contributed by atoms with Crippen molar-refractivity contribution in [2.45, 2.75) is 25.8 Å². The van der Waals surface area contributed by atoms with Gasteiger partial charge in [-0.2, -0.15) is 0 Å². The largest absolute Gasteiger partial charge is 0.383 e. The van der Waals surface area contributed by atoms with Gasteiger partial charge in [0.05, 0.1) is 30.3 Å². The zero-order valence-electron chi connectivity index (χ0n) is 17.5. The molecule has 0 spiro atoms. The van der Waals surface area contributed by atoms with E-state index in [2.05, 4.69) is 25.9 Å². The molecule has 8 nitrogen and oxygen atoms in total. The Morgan fingerprint density at radius 1 is 1.35 bits per heavy atom. The molecule has 1 aromatic carbocycles. The Balaban J connectivity index is 1.47. The van der Waals surface area contributed by atoms with Gasteiger partial charge < -0.3 is 20.7 Å². The summed E-state index contributed by atoms with van der Waals surface area (Å²) in [6.07, 6.45) is 8.19. The summed E-state index contributed by atoms with van der Waals surface area (Å²) in [6.45, 7) is 2.39. The summed E-state index contributed by atoms with van der Waals surface area (Å²) in [4.78, 5) is 33.6. The fourth-order valence-corrected chi connectivity index (χ4v) is 3.67. The van der Waals surface area contributed by atoms with Crippen LogP contribution in [0.15, 0.2) is 54.4 Å². The van der Waals surface area contributed by atoms with Crippen molar-refractivity contribution in [3.63, 3.8) is 0 Å². The minimum Gasteiger partial charge on any atom is -0.383 e. The monoisotopic (exact) mass is 419 g/mol. The van der Waals surface area contributed by atoms with Gasteiger partial charge in [-0.05, 0) is 25.5 Å². The van der Waals surface area contributed by atoms with Crippen LogP contribution >= 0.6 is 0 Å². The van der Waals surface area contributed by atoms with E-state index in [4.69, 9.17) is 4.74 Å². The lowest BCUT2D eigenvalue weighted by atomic mass is 9.98. The summed E-state index contributed by atoms with van der Waals surface area (Å²) in [5, 5.41) is 9.07. The van der Waals surface area contributed by atoms with E-state index in [1.54, 1.807) is 13.3 Å². The van der Waals surface area contributed by atoms with Crippen LogP contribution in [0.5, 0.6) is 0 Å². The van der Waals surface area contributed by atoms with Crippen molar-refractivity contribution in [3.05, 3.63) is 60.0 Å². The molecule has 2 aromatic rings.